The van der Waals surface area contributed by atoms with Crippen LogP contribution in [0.15, 0.2) is 48.5 Å². The number of alkyl carbamates (subject to hydrolysis) is 1. The molecule has 0 radical (unpaired) electrons. The summed E-state index contributed by atoms with van der Waals surface area (Å²) in [7, 11) is 0. The van der Waals surface area contributed by atoms with Crippen LogP contribution in [0.2, 0.25) is 0 Å². The van der Waals surface area contributed by atoms with Crippen LogP contribution in [0, 0.1) is 5.92 Å². The molecule has 8 heteroatoms. The normalized spacial score (nSPS) is 19.7. The number of fused-ring (bicyclic) bond motifs is 3. The lowest BCUT2D eigenvalue weighted by Gasteiger charge is -2.19. The Balaban J connectivity index is 1.25. The summed E-state index contributed by atoms with van der Waals surface area (Å²) in [6.45, 7) is 4.68. The molecule has 2 aromatic carbocycles. The number of rotatable bonds is 9. The molecule has 1 aliphatic carbocycles. The van der Waals surface area contributed by atoms with Crippen molar-refractivity contribution < 1.29 is 29.0 Å². The number of carboxylic acid groups (broad SMARTS) is 1. The van der Waals surface area contributed by atoms with Gasteiger partial charge in [-0.3, -0.25) is 9.59 Å². The summed E-state index contributed by atoms with van der Waals surface area (Å²) in [6, 6.07) is 16.0. The number of hydrogen-bond acceptors (Lipinski definition) is 5. The third-order valence-corrected chi connectivity index (χ3v) is 6.82. The minimum atomic E-state index is -0.955. The first-order valence-electron chi connectivity index (χ1n) is 12.1. The van der Waals surface area contributed by atoms with Gasteiger partial charge in [-0.25, -0.2) is 4.79 Å². The molecule has 1 aliphatic heterocycles. The fourth-order valence-corrected chi connectivity index (χ4v) is 5.01. The average molecular weight is 481 g/mol. The molecule has 0 spiro atoms. The molecule has 1 saturated heterocycles. The fraction of sp³-hybridized carbons (Fsp3) is 0.444. The maximum Gasteiger partial charge on any atom is 0.407 e. The van der Waals surface area contributed by atoms with Crippen molar-refractivity contribution in [2.75, 3.05) is 26.3 Å². The summed E-state index contributed by atoms with van der Waals surface area (Å²) in [5.74, 6) is -1.82. The highest BCUT2D eigenvalue weighted by atomic mass is 16.5. The molecule has 0 aromatic heterocycles. The van der Waals surface area contributed by atoms with Crippen molar-refractivity contribution in [1.82, 2.24) is 10.2 Å². The Labute approximate surface area is 205 Å². The van der Waals surface area contributed by atoms with Gasteiger partial charge in [0.05, 0.1) is 6.10 Å². The molecule has 8 nitrogen and oxygen atoms in total. The number of carbonyl (C=O) groups excluding carboxylic acids is 2. The van der Waals surface area contributed by atoms with Crippen molar-refractivity contribution in [3.8, 4) is 11.1 Å². The van der Waals surface area contributed by atoms with Crippen LogP contribution < -0.4 is 5.32 Å². The van der Waals surface area contributed by atoms with Crippen molar-refractivity contribution in [3.05, 3.63) is 59.7 Å². The van der Waals surface area contributed by atoms with E-state index in [2.05, 4.69) is 29.6 Å². The number of benzene rings is 2. The van der Waals surface area contributed by atoms with E-state index < -0.39 is 24.1 Å². The summed E-state index contributed by atoms with van der Waals surface area (Å²) >= 11 is 0. The molecule has 3 unspecified atom stereocenters. The summed E-state index contributed by atoms with van der Waals surface area (Å²) in [6.07, 6.45) is -0.375. The van der Waals surface area contributed by atoms with Crippen molar-refractivity contribution in [3.63, 3.8) is 0 Å². The van der Waals surface area contributed by atoms with E-state index in [-0.39, 0.29) is 44.0 Å². The van der Waals surface area contributed by atoms with Crippen LogP contribution in [0.4, 0.5) is 4.79 Å². The van der Waals surface area contributed by atoms with Crippen LogP contribution >= 0.6 is 0 Å². The topological polar surface area (TPSA) is 105 Å². The van der Waals surface area contributed by atoms with Gasteiger partial charge in [-0.1, -0.05) is 48.5 Å². The van der Waals surface area contributed by atoms with Gasteiger partial charge in [-0.15, -0.1) is 0 Å². The minimum Gasteiger partial charge on any atom is -0.481 e. The monoisotopic (exact) mass is 480 g/mol. The molecule has 4 rings (SSSR count). The Hall–Kier alpha value is -3.39. The summed E-state index contributed by atoms with van der Waals surface area (Å²) in [4.78, 5) is 38.1. The van der Waals surface area contributed by atoms with E-state index >= 15 is 0 Å². The van der Waals surface area contributed by atoms with Crippen molar-refractivity contribution in [2.45, 2.75) is 44.8 Å². The summed E-state index contributed by atoms with van der Waals surface area (Å²) in [5, 5.41) is 12.2. The molecule has 0 bridgehead atoms. The van der Waals surface area contributed by atoms with E-state index in [0.29, 0.717) is 13.0 Å². The van der Waals surface area contributed by atoms with Gasteiger partial charge in [-0.05, 0) is 42.5 Å². The molecule has 2 aliphatic rings. The van der Waals surface area contributed by atoms with Crippen LogP contribution in [-0.2, 0) is 19.1 Å². The van der Waals surface area contributed by atoms with E-state index in [1.807, 2.05) is 31.2 Å². The Bertz CT molecular complexity index is 1040. The number of likely N-dealkylation sites (tertiary alicyclic amines) is 1. The zero-order valence-corrected chi connectivity index (χ0v) is 20.1. The molecule has 1 heterocycles. The van der Waals surface area contributed by atoms with Crippen molar-refractivity contribution in [1.29, 1.82) is 0 Å². The first-order valence-corrected chi connectivity index (χ1v) is 12.1. The fourth-order valence-electron chi connectivity index (χ4n) is 5.01. The quantitative estimate of drug-likeness (QED) is 0.568. The van der Waals surface area contributed by atoms with Crippen molar-refractivity contribution in [2.24, 2.45) is 5.92 Å². The summed E-state index contributed by atoms with van der Waals surface area (Å²) < 4.78 is 11.1. The molecule has 1 fully saturated rings. The average Bonchev–Trinajstić information content (AvgIpc) is 3.41. The molecule has 0 saturated carbocycles. The number of aliphatic carboxylic acids is 1. The lowest BCUT2D eigenvalue weighted by molar-refractivity contribution is -0.145. The Kier molecular flexibility index (Phi) is 7.70. The third kappa shape index (κ3) is 5.48. The van der Waals surface area contributed by atoms with Crippen LogP contribution in [0.3, 0.4) is 0 Å². The molecule has 2 N–H and O–H groups in total. The van der Waals surface area contributed by atoms with E-state index in [0.717, 1.165) is 11.1 Å². The number of amides is 2. The van der Waals surface area contributed by atoms with Crippen LogP contribution in [-0.4, -0.2) is 66.4 Å². The van der Waals surface area contributed by atoms with E-state index in [4.69, 9.17) is 9.47 Å². The van der Waals surface area contributed by atoms with Gasteiger partial charge >= 0.3 is 12.1 Å². The lowest BCUT2D eigenvalue weighted by atomic mass is 9.98. The maximum atomic E-state index is 12.6. The van der Waals surface area contributed by atoms with Crippen LogP contribution in [0.25, 0.3) is 11.1 Å². The second kappa shape index (κ2) is 10.9. The number of nitrogens with zero attached hydrogens (tertiary/aromatic N) is 1. The molecular formula is C27H32N2O6. The first kappa shape index (κ1) is 24.7. The number of carboxylic acids is 1. The highest BCUT2D eigenvalue weighted by Gasteiger charge is 2.40. The van der Waals surface area contributed by atoms with Gasteiger partial charge in [0, 0.05) is 38.1 Å². The highest BCUT2D eigenvalue weighted by molar-refractivity contribution is 5.80. The van der Waals surface area contributed by atoms with E-state index in [9.17, 15) is 19.5 Å². The third-order valence-electron chi connectivity index (χ3n) is 6.82. The zero-order chi connectivity index (χ0) is 24.9. The van der Waals surface area contributed by atoms with Crippen LogP contribution in [0.1, 0.15) is 43.7 Å². The SMILES string of the molecule is CCOC1CN(C(=O)CCC(C)NC(=O)OCC2c3ccccc3-c3ccccc32)CC1C(=O)O. The largest absolute Gasteiger partial charge is 0.481 e. The number of nitrogens with one attached hydrogen (secondary N) is 1. The van der Waals surface area contributed by atoms with Crippen LogP contribution in [0.5, 0.6) is 0 Å². The predicted octanol–water partition coefficient (Wildman–Crippen LogP) is 3.64. The maximum absolute atomic E-state index is 12.6. The van der Waals surface area contributed by atoms with E-state index in [1.165, 1.54) is 11.1 Å². The first-order chi connectivity index (χ1) is 16.9. The number of hydrogen-bond donors (Lipinski definition) is 2. The van der Waals surface area contributed by atoms with E-state index in [1.54, 1.807) is 11.8 Å². The molecule has 35 heavy (non-hydrogen) atoms. The molecule has 2 amide bonds. The smallest absolute Gasteiger partial charge is 0.407 e. The second-order valence-electron chi connectivity index (χ2n) is 9.15. The lowest BCUT2D eigenvalue weighted by Crippen LogP contribution is -2.36. The number of ether oxygens (including phenoxy) is 2. The molecular weight excluding hydrogens is 448 g/mol. The Morgan fingerprint density at radius 3 is 2.29 bits per heavy atom. The van der Waals surface area contributed by atoms with Gasteiger partial charge in [0.15, 0.2) is 0 Å². The predicted molar refractivity (Wildman–Crippen MR) is 130 cm³/mol. The van der Waals surface area contributed by atoms with Gasteiger partial charge in [0.1, 0.15) is 12.5 Å². The number of carbonyl (C=O) groups is 3. The second-order valence-corrected chi connectivity index (χ2v) is 9.15. The zero-order valence-electron chi connectivity index (χ0n) is 20.1. The van der Waals surface area contributed by atoms with Gasteiger partial charge in [0.2, 0.25) is 5.91 Å². The van der Waals surface area contributed by atoms with Crippen molar-refractivity contribution >= 4 is 18.0 Å². The molecule has 3 atom stereocenters. The highest BCUT2D eigenvalue weighted by Crippen LogP contribution is 2.44. The molecule has 186 valence electrons. The van der Waals surface area contributed by atoms with Gasteiger partial charge < -0.3 is 24.8 Å². The van der Waals surface area contributed by atoms with Gasteiger partial charge in [0.25, 0.3) is 0 Å². The molecule has 2 aromatic rings. The standard InChI is InChI=1S/C27H32N2O6/c1-3-34-24-15-29(14-22(24)26(31)32)25(30)13-12-17(2)28-27(33)35-16-23-20-10-6-4-8-18(20)19-9-5-7-11-21(19)23/h4-11,17,22-24H,3,12-16H2,1-2H3,(H,28,33)(H,31,32). The summed E-state index contributed by atoms with van der Waals surface area (Å²) in [5.41, 5.74) is 4.64. The Morgan fingerprint density at radius 1 is 1.06 bits per heavy atom. The Morgan fingerprint density at radius 2 is 1.69 bits per heavy atom. The van der Waals surface area contributed by atoms with Gasteiger partial charge in [-0.2, -0.15) is 0 Å². The minimum absolute atomic E-state index is 0.0133.